The van der Waals surface area contributed by atoms with E-state index in [9.17, 15) is 9.59 Å². The van der Waals surface area contributed by atoms with Crippen molar-refractivity contribution < 1.29 is 14.7 Å². The first-order valence-electron chi connectivity index (χ1n) is 5.83. The number of para-hydroxylation sites is 1. The molecule has 108 valence electrons. The standard InChI is InChI=1S/C14H10Cl2N2O3/c15-10-5-2-6-11(16)12(10)18-14(21)17-9-4-1-3-8(7-9)13(19)20/h1-7H,(H,19,20)(H2,17,18,21). The van der Waals surface area contributed by atoms with Crippen molar-refractivity contribution in [2.45, 2.75) is 0 Å². The third kappa shape index (κ3) is 3.87. The molecule has 0 fully saturated rings. The first kappa shape index (κ1) is 15.2. The average molecular weight is 325 g/mol. The Bertz CT molecular complexity index is 684. The number of amides is 2. The molecule has 0 heterocycles. The third-order valence-electron chi connectivity index (χ3n) is 2.57. The SMILES string of the molecule is O=C(Nc1cccc(C(=O)O)c1)Nc1c(Cl)cccc1Cl. The van der Waals surface area contributed by atoms with E-state index in [2.05, 4.69) is 10.6 Å². The quantitative estimate of drug-likeness (QED) is 0.785. The highest BCUT2D eigenvalue weighted by atomic mass is 35.5. The van der Waals surface area contributed by atoms with Gasteiger partial charge in [0, 0.05) is 5.69 Å². The normalized spacial score (nSPS) is 10.0. The summed E-state index contributed by atoms with van der Waals surface area (Å²) in [5, 5.41) is 14.5. The van der Waals surface area contributed by atoms with Crippen molar-refractivity contribution in [2.75, 3.05) is 10.6 Å². The van der Waals surface area contributed by atoms with Gasteiger partial charge in [-0.25, -0.2) is 9.59 Å². The fourth-order valence-corrected chi connectivity index (χ4v) is 2.12. The Morgan fingerprint density at radius 3 is 2.19 bits per heavy atom. The number of anilines is 2. The smallest absolute Gasteiger partial charge is 0.335 e. The molecule has 2 amide bonds. The van der Waals surface area contributed by atoms with Crippen LogP contribution in [-0.4, -0.2) is 17.1 Å². The maximum absolute atomic E-state index is 11.9. The lowest BCUT2D eigenvalue weighted by molar-refractivity contribution is 0.0697. The number of urea groups is 1. The summed E-state index contributed by atoms with van der Waals surface area (Å²) in [5.74, 6) is -1.08. The zero-order chi connectivity index (χ0) is 15.4. The van der Waals surface area contributed by atoms with E-state index in [1.165, 1.54) is 18.2 Å². The van der Waals surface area contributed by atoms with E-state index < -0.39 is 12.0 Å². The van der Waals surface area contributed by atoms with Crippen LogP contribution in [0.2, 0.25) is 10.0 Å². The van der Waals surface area contributed by atoms with Gasteiger partial charge >= 0.3 is 12.0 Å². The van der Waals surface area contributed by atoms with Crippen molar-refractivity contribution in [2.24, 2.45) is 0 Å². The van der Waals surface area contributed by atoms with Gasteiger partial charge in [0.25, 0.3) is 0 Å². The van der Waals surface area contributed by atoms with E-state index in [0.717, 1.165) is 0 Å². The molecule has 0 saturated carbocycles. The zero-order valence-corrected chi connectivity index (χ0v) is 12.1. The van der Waals surface area contributed by atoms with Crippen molar-refractivity contribution in [3.05, 3.63) is 58.1 Å². The molecule has 2 aromatic carbocycles. The Kier molecular flexibility index (Phi) is 4.67. The van der Waals surface area contributed by atoms with Crippen molar-refractivity contribution in [3.8, 4) is 0 Å². The Labute approximate surface area is 130 Å². The number of carbonyl (C=O) groups excluding carboxylic acids is 1. The summed E-state index contributed by atoms with van der Waals surface area (Å²) < 4.78 is 0. The molecule has 5 nitrogen and oxygen atoms in total. The second-order valence-corrected chi connectivity index (χ2v) is 4.88. The average Bonchev–Trinajstić information content (AvgIpc) is 2.43. The molecule has 0 bridgehead atoms. The molecule has 0 spiro atoms. The van der Waals surface area contributed by atoms with Crippen molar-refractivity contribution in [1.82, 2.24) is 0 Å². The van der Waals surface area contributed by atoms with Gasteiger partial charge in [0.05, 0.1) is 21.3 Å². The summed E-state index contributed by atoms with van der Waals surface area (Å²) in [6.07, 6.45) is 0. The minimum absolute atomic E-state index is 0.0728. The molecule has 0 unspecified atom stereocenters. The van der Waals surface area contributed by atoms with Gasteiger partial charge in [0.15, 0.2) is 0 Å². The molecule has 3 N–H and O–H groups in total. The number of hydrogen-bond acceptors (Lipinski definition) is 2. The summed E-state index contributed by atoms with van der Waals surface area (Å²) in [6, 6.07) is 10.1. The molecule has 0 atom stereocenters. The maximum atomic E-state index is 11.9. The van der Waals surface area contributed by atoms with E-state index in [1.807, 2.05) is 0 Å². The second kappa shape index (κ2) is 6.47. The molecule has 0 aromatic heterocycles. The predicted octanol–water partition coefficient (Wildman–Crippen LogP) is 4.34. The first-order chi connectivity index (χ1) is 9.97. The number of carboxylic acids is 1. The molecule has 0 radical (unpaired) electrons. The third-order valence-corrected chi connectivity index (χ3v) is 3.20. The zero-order valence-electron chi connectivity index (χ0n) is 10.6. The molecule has 2 rings (SSSR count). The lowest BCUT2D eigenvalue weighted by Gasteiger charge is -2.10. The van der Waals surface area contributed by atoms with Gasteiger partial charge in [-0.1, -0.05) is 35.3 Å². The summed E-state index contributed by atoms with van der Waals surface area (Å²) in [4.78, 5) is 22.7. The Balaban J connectivity index is 2.12. The molecule has 2 aromatic rings. The number of halogens is 2. The summed E-state index contributed by atoms with van der Waals surface area (Å²) in [6.45, 7) is 0. The molecule has 7 heteroatoms. The van der Waals surface area contributed by atoms with Crippen LogP contribution in [0, 0.1) is 0 Å². The highest BCUT2D eigenvalue weighted by Gasteiger charge is 2.10. The Hall–Kier alpha value is -2.24. The van der Waals surface area contributed by atoms with Gasteiger partial charge in [-0.2, -0.15) is 0 Å². The highest BCUT2D eigenvalue weighted by Crippen LogP contribution is 2.29. The van der Waals surface area contributed by atoms with Crippen LogP contribution in [0.3, 0.4) is 0 Å². The summed E-state index contributed by atoms with van der Waals surface area (Å²) >= 11 is 11.9. The Morgan fingerprint density at radius 2 is 1.57 bits per heavy atom. The van der Waals surface area contributed by atoms with Crippen LogP contribution in [0.1, 0.15) is 10.4 Å². The van der Waals surface area contributed by atoms with Crippen LogP contribution in [0.5, 0.6) is 0 Å². The lowest BCUT2D eigenvalue weighted by atomic mass is 10.2. The first-order valence-corrected chi connectivity index (χ1v) is 6.58. The van der Waals surface area contributed by atoms with Crippen LogP contribution in [0.25, 0.3) is 0 Å². The van der Waals surface area contributed by atoms with Crippen molar-refractivity contribution >= 4 is 46.6 Å². The number of nitrogens with one attached hydrogen (secondary N) is 2. The molecular formula is C14H10Cl2N2O3. The number of aromatic carboxylic acids is 1. The van der Waals surface area contributed by atoms with E-state index >= 15 is 0 Å². The Morgan fingerprint density at radius 1 is 0.952 bits per heavy atom. The molecule has 21 heavy (non-hydrogen) atoms. The molecular weight excluding hydrogens is 315 g/mol. The van der Waals surface area contributed by atoms with Crippen LogP contribution in [0.4, 0.5) is 16.2 Å². The largest absolute Gasteiger partial charge is 0.478 e. The highest BCUT2D eigenvalue weighted by molar-refractivity contribution is 6.39. The van der Waals surface area contributed by atoms with Crippen LogP contribution < -0.4 is 10.6 Å². The predicted molar refractivity (Wildman–Crippen MR) is 82.5 cm³/mol. The number of rotatable bonds is 3. The van der Waals surface area contributed by atoms with Gasteiger partial charge in [-0.15, -0.1) is 0 Å². The monoisotopic (exact) mass is 324 g/mol. The molecule has 0 aliphatic rings. The minimum atomic E-state index is -1.08. The number of hydrogen-bond donors (Lipinski definition) is 3. The van der Waals surface area contributed by atoms with E-state index in [-0.39, 0.29) is 11.3 Å². The van der Waals surface area contributed by atoms with Gasteiger partial charge in [0.2, 0.25) is 0 Å². The van der Waals surface area contributed by atoms with Crippen molar-refractivity contribution in [3.63, 3.8) is 0 Å². The lowest BCUT2D eigenvalue weighted by Crippen LogP contribution is -2.20. The van der Waals surface area contributed by atoms with E-state index in [1.54, 1.807) is 24.3 Å². The van der Waals surface area contributed by atoms with Crippen LogP contribution in [-0.2, 0) is 0 Å². The fraction of sp³-hybridized carbons (Fsp3) is 0. The fourth-order valence-electron chi connectivity index (χ4n) is 1.62. The van der Waals surface area contributed by atoms with Gasteiger partial charge in [-0.05, 0) is 30.3 Å². The van der Waals surface area contributed by atoms with E-state index in [4.69, 9.17) is 28.3 Å². The van der Waals surface area contributed by atoms with Gasteiger partial charge in [-0.3, -0.25) is 0 Å². The van der Waals surface area contributed by atoms with Crippen LogP contribution in [0.15, 0.2) is 42.5 Å². The summed E-state index contributed by atoms with van der Waals surface area (Å²) in [7, 11) is 0. The number of carbonyl (C=O) groups is 2. The van der Waals surface area contributed by atoms with E-state index in [0.29, 0.717) is 15.7 Å². The maximum Gasteiger partial charge on any atom is 0.335 e. The minimum Gasteiger partial charge on any atom is -0.478 e. The van der Waals surface area contributed by atoms with Gasteiger partial charge < -0.3 is 15.7 Å². The molecule has 0 aliphatic carbocycles. The number of carboxylic acid groups (broad SMARTS) is 1. The topological polar surface area (TPSA) is 78.4 Å². The van der Waals surface area contributed by atoms with Crippen LogP contribution >= 0.6 is 23.2 Å². The van der Waals surface area contributed by atoms with Gasteiger partial charge in [0.1, 0.15) is 0 Å². The second-order valence-electron chi connectivity index (χ2n) is 4.06. The molecule has 0 saturated heterocycles. The number of benzene rings is 2. The van der Waals surface area contributed by atoms with Crippen molar-refractivity contribution in [1.29, 1.82) is 0 Å². The molecule has 0 aliphatic heterocycles. The summed E-state index contributed by atoms with van der Waals surface area (Å²) in [5.41, 5.74) is 0.701.